The van der Waals surface area contributed by atoms with Crippen molar-refractivity contribution < 1.29 is 28.5 Å². The first-order valence-electron chi connectivity index (χ1n) is 17.6. The number of rotatable bonds is 6. The van der Waals surface area contributed by atoms with Gasteiger partial charge in [-0.25, -0.2) is 9.18 Å². The number of aryl methyl sites for hydroxylation is 6. The summed E-state index contributed by atoms with van der Waals surface area (Å²) in [4.78, 5) is 12.9. The number of nitrogens with zero attached hydrogens (tertiary/aromatic N) is 5. The summed E-state index contributed by atoms with van der Waals surface area (Å²) in [6.45, 7) is 5.31. The van der Waals surface area contributed by atoms with E-state index in [-0.39, 0.29) is 17.6 Å². The van der Waals surface area contributed by atoms with E-state index in [0.717, 1.165) is 74.0 Å². The monoisotopic (exact) mass is 759 g/mol. The number of hydrogen-bond donors (Lipinski definition) is 1. The fourth-order valence-electron chi connectivity index (χ4n) is 7.73. The quantitative estimate of drug-likeness (QED) is 0.181. The predicted molar refractivity (Wildman–Crippen MR) is 207 cm³/mol. The molecule has 6 aromatic rings. The van der Waals surface area contributed by atoms with Crippen molar-refractivity contribution in [3.05, 3.63) is 99.0 Å². The highest BCUT2D eigenvalue weighted by atomic mass is 35.5. The molecule has 278 valence electrons. The second-order valence-corrected chi connectivity index (χ2v) is 15.0. The van der Waals surface area contributed by atoms with E-state index < -0.39 is 5.97 Å². The minimum atomic E-state index is -1.02. The maximum Gasteiger partial charge on any atom is 0.352 e. The van der Waals surface area contributed by atoms with Gasteiger partial charge in [0.15, 0.2) is 0 Å². The summed E-state index contributed by atoms with van der Waals surface area (Å²) in [6, 6.07) is 14.5. The summed E-state index contributed by atoms with van der Waals surface area (Å²) in [5.41, 5.74) is 8.05. The van der Waals surface area contributed by atoms with E-state index in [0.29, 0.717) is 60.6 Å². The molecular formula is C40H43ClFN5O5S. The Bertz CT molecular complexity index is 2330. The Morgan fingerprint density at radius 3 is 2.58 bits per heavy atom. The zero-order valence-electron chi connectivity index (χ0n) is 30.5. The molecule has 13 heteroatoms. The molecule has 53 heavy (non-hydrogen) atoms. The first-order valence-corrected chi connectivity index (χ1v) is 19.2. The van der Waals surface area contributed by atoms with Gasteiger partial charge in [-0.2, -0.15) is 10.2 Å². The minimum absolute atomic E-state index is 0.201. The van der Waals surface area contributed by atoms with Crippen LogP contribution in [0.15, 0.2) is 48.5 Å². The van der Waals surface area contributed by atoms with E-state index in [4.69, 9.17) is 36.0 Å². The van der Waals surface area contributed by atoms with Crippen molar-refractivity contribution in [3.63, 3.8) is 0 Å². The highest BCUT2D eigenvalue weighted by molar-refractivity contribution is 7.97. The SMILES string of the molecule is COCC(COC)n1nc(C)c2c1CSCc1cc(n(C)n1)CCc1cc(c3ccc(F)cc3c1)OCCCn1c(C(=O)O)c(C)c3c-2c(Cl)ccc31. The zero-order chi connectivity index (χ0) is 37.4. The fourth-order valence-corrected chi connectivity index (χ4v) is 8.91. The van der Waals surface area contributed by atoms with Gasteiger partial charge in [0, 0.05) is 77.5 Å². The average Bonchev–Trinajstić information content (AvgIpc) is 3.74. The third-order valence-corrected chi connectivity index (χ3v) is 11.3. The smallest absolute Gasteiger partial charge is 0.352 e. The predicted octanol–water partition coefficient (Wildman–Crippen LogP) is 8.33. The van der Waals surface area contributed by atoms with Gasteiger partial charge in [0.2, 0.25) is 0 Å². The summed E-state index contributed by atoms with van der Waals surface area (Å²) in [5, 5.41) is 23.4. The molecule has 0 amide bonds. The molecule has 1 aliphatic heterocycles. The number of carboxylic acids is 1. The number of methoxy groups -OCH3 is 2. The molecule has 0 unspecified atom stereocenters. The molecule has 4 heterocycles. The molecule has 7 rings (SSSR count). The molecule has 0 aliphatic carbocycles. The molecule has 1 N–H and O–H groups in total. The Balaban J connectivity index is 1.39. The number of thioether (sulfide) groups is 1. The van der Waals surface area contributed by atoms with Crippen molar-refractivity contribution in [2.75, 3.05) is 34.0 Å². The van der Waals surface area contributed by atoms with Crippen LogP contribution in [0.5, 0.6) is 5.75 Å². The van der Waals surface area contributed by atoms with E-state index >= 15 is 0 Å². The molecule has 0 spiro atoms. The lowest BCUT2D eigenvalue weighted by molar-refractivity contribution is 0.0684. The third-order valence-electron chi connectivity index (χ3n) is 10.0. The molecule has 3 aromatic carbocycles. The van der Waals surface area contributed by atoms with Gasteiger partial charge in [-0.05, 0) is 92.1 Å². The minimum Gasteiger partial charge on any atom is -0.493 e. The largest absolute Gasteiger partial charge is 0.493 e. The van der Waals surface area contributed by atoms with Crippen LogP contribution in [0, 0.1) is 19.7 Å². The summed E-state index contributed by atoms with van der Waals surface area (Å²) >= 11 is 8.85. The van der Waals surface area contributed by atoms with Crippen molar-refractivity contribution in [1.82, 2.24) is 24.1 Å². The summed E-state index contributed by atoms with van der Waals surface area (Å²) in [7, 11) is 5.29. The number of carboxylic acid groups (broad SMARTS) is 1. The fraction of sp³-hybridized carbons (Fsp3) is 0.375. The average molecular weight is 760 g/mol. The van der Waals surface area contributed by atoms with E-state index in [9.17, 15) is 14.3 Å². The van der Waals surface area contributed by atoms with Gasteiger partial charge in [-0.1, -0.05) is 17.7 Å². The zero-order valence-corrected chi connectivity index (χ0v) is 32.1. The lowest BCUT2D eigenvalue weighted by Gasteiger charge is -2.20. The number of carbonyl (C=O) groups is 1. The molecule has 0 fully saturated rings. The van der Waals surface area contributed by atoms with Crippen LogP contribution in [0.25, 0.3) is 32.8 Å². The van der Waals surface area contributed by atoms with E-state index in [1.54, 1.807) is 32.0 Å². The first kappa shape index (κ1) is 37.0. The maximum atomic E-state index is 14.4. The molecule has 3 aromatic heterocycles. The molecule has 0 radical (unpaired) electrons. The van der Waals surface area contributed by atoms with Crippen molar-refractivity contribution in [2.45, 2.75) is 57.2 Å². The standard InChI is InChI=1S/C40H43ClFN5O5S/c1-23-36-33-12-11-32(41)38(36)37-24(2)43-47(30(19-50-4)20-51-5)34(37)22-53-21-28-18-29(45(3)44-28)9-7-25-15-26-17-27(42)8-10-31(26)35(16-25)52-14-6-13-46(33)39(23)40(48)49/h8,10-12,15-18,30H,6-7,9,13-14,19-22H2,1-5H3,(H,48,49). The maximum absolute atomic E-state index is 14.4. The molecule has 8 bridgehead atoms. The molecular weight excluding hydrogens is 717 g/mol. The highest BCUT2D eigenvalue weighted by Crippen LogP contribution is 2.44. The van der Waals surface area contributed by atoms with Crippen molar-refractivity contribution >= 4 is 51.0 Å². The first-order chi connectivity index (χ1) is 25.6. The topological polar surface area (TPSA) is 106 Å². The van der Waals surface area contributed by atoms with Crippen LogP contribution in [-0.2, 0) is 47.4 Å². The van der Waals surface area contributed by atoms with Crippen LogP contribution in [0.1, 0.15) is 56.9 Å². The molecule has 10 nitrogen and oxygen atoms in total. The Kier molecular flexibility index (Phi) is 10.8. The third kappa shape index (κ3) is 7.17. The Hall–Kier alpha value is -4.36. The Labute approximate surface area is 316 Å². The van der Waals surface area contributed by atoms with Crippen molar-refractivity contribution in [1.29, 1.82) is 0 Å². The lowest BCUT2D eigenvalue weighted by atomic mass is 9.97. The second-order valence-electron chi connectivity index (χ2n) is 13.6. The highest BCUT2D eigenvalue weighted by Gasteiger charge is 2.29. The number of benzene rings is 3. The van der Waals surface area contributed by atoms with Crippen LogP contribution < -0.4 is 4.74 Å². The van der Waals surface area contributed by atoms with Crippen LogP contribution in [0.4, 0.5) is 4.39 Å². The van der Waals surface area contributed by atoms with Gasteiger partial charge in [-0.3, -0.25) is 9.36 Å². The van der Waals surface area contributed by atoms with E-state index in [1.807, 2.05) is 59.1 Å². The lowest BCUT2D eigenvalue weighted by Crippen LogP contribution is -2.22. The summed E-state index contributed by atoms with van der Waals surface area (Å²) in [6.07, 6.45) is 1.99. The van der Waals surface area contributed by atoms with Crippen LogP contribution in [0.2, 0.25) is 5.02 Å². The number of halogens is 2. The van der Waals surface area contributed by atoms with Crippen LogP contribution in [-0.4, -0.2) is 69.2 Å². The normalized spacial score (nSPS) is 14.1. The van der Waals surface area contributed by atoms with Gasteiger partial charge < -0.3 is 23.9 Å². The van der Waals surface area contributed by atoms with E-state index in [1.165, 1.54) is 12.1 Å². The van der Waals surface area contributed by atoms with Crippen LogP contribution in [0.3, 0.4) is 0 Å². The Morgan fingerprint density at radius 2 is 1.83 bits per heavy atom. The number of aromatic nitrogens is 5. The molecule has 0 saturated carbocycles. The molecule has 0 atom stereocenters. The molecule has 0 saturated heterocycles. The number of fused-ring (bicyclic) bond motifs is 8. The number of hydrogen-bond acceptors (Lipinski definition) is 7. The van der Waals surface area contributed by atoms with Gasteiger partial charge in [0.25, 0.3) is 0 Å². The summed E-state index contributed by atoms with van der Waals surface area (Å²) in [5.74, 6) is 0.584. The van der Waals surface area contributed by atoms with Crippen molar-refractivity contribution in [3.8, 4) is 16.9 Å². The molecule has 1 aliphatic rings. The second kappa shape index (κ2) is 15.5. The number of aromatic carboxylic acids is 1. The summed E-state index contributed by atoms with van der Waals surface area (Å²) < 4.78 is 37.8. The van der Waals surface area contributed by atoms with Gasteiger partial charge in [0.1, 0.15) is 17.3 Å². The van der Waals surface area contributed by atoms with Gasteiger partial charge in [0.05, 0.1) is 42.9 Å². The number of ether oxygens (including phenoxy) is 3. The van der Waals surface area contributed by atoms with Gasteiger partial charge >= 0.3 is 5.97 Å². The van der Waals surface area contributed by atoms with E-state index in [2.05, 4.69) is 6.07 Å². The van der Waals surface area contributed by atoms with Crippen LogP contribution >= 0.6 is 23.4 Å². The Morgan fingerprint density at radius 1 is 1.04 bits per heavy atom. The van der Waals surface area contributed by atoms with Gasteiger partial charge in [-0.15, -0.1) is 11.8 Å². The van der Waals surface area contributed by atoms with Crippen molar-refractivity contribution in [2.24, 2.45) is 7.05 Å².